The minimum absolute atomic E-state index is 0.127. The highest BCUT2D eigenvalue weighted by molar-refractivity contribution is 6.05. The summed E-state index contributed by atoms with van der Waals surface area (Å²) in [5.74, 6) is 1.11. The van der Waals surface area contributed by atoms with Crippen molar-refractivity contribution in [1.82, 2.24) is 0 Å². The van der Waals surface area contributed by atoms with Crippen molar-refractivity contribution in [3.05, 3.63) is 72.3 Å². The van der Waals surface area contributed by atoms with Crippen molar-refractivity contribution in [3.8, 4) is 28.7 Å². The van der Waals surface area contributed by atoms with E-state index in [4.69, 9.17) is 9.47 Å². The normalized spacial score (nSPS) is 10.2. The number of amides is 1. The number of phenols is 2. The fourth-order valence-corrected chi connectivity index (χ4v) is 2.29. The lowest BCUT2D eigenvalue weighted by molar-refractivity contribution is 0.102. The van der Waals surface area contributed by atoms with Gasteiger partial charge >= 0.3 is 0 Å². The van der Waals surface area contributed by atoms with E-state index < -0.39 is 0 Å². The first-order valence-corrected chi connectivity index (χ1v) is 7.80. The van der Waals surface area contributed by atoms with Gasteiger partial charge in [-0.25, -0.2) is 0 Å². The number of ether oxygens (including phenoxy) is 2. The lowest BCUT2D eigenvalue weighted by Gasteiger charge is -2.11. The fourth-order valence-electron chi connectivity index (χ4n) is 2.29. The molecule has 6 nitrogen and oxygen atoms in total. The number of hydrogen-bond acceptors (Lipinski definition) is 5. The molecule has 0 aliphatic heterocycles. The molecule has 26 heavy (non-hydrogen) atoms. The maximum Gasteiger partial charge on any atom is 0.255 e. The summed E-state index contributed by atoms with van der Waals surface area (Å²) in [6.07, 6.45) is 0. The zero-order chi connectivity index (χ0) is 18.5. The highest BCUT2D eigenvalue weighted by Gasteiger charge is 2.11. The molecule has 0 bridgehead atoms. The van der Waals surface area contributed by atoms with Gasteiger partial charge in [-0.05, 0) is 54.6 Å². The molecular formula is C20H17NO5. The molecule has 0 atom stereocenters. The molecular weight excluding hydrogens is 334 g/mol. The molecule has 0 saturated carbocycles. The molecule has 0 unspecified atom stereocenters. The minimum atomic E-state index is -0.369. The van der Waals surface area contributed by atoms with Crippen LogP contribution in [0.15, 0.2) is 66.7 Å². The number of carbonyl (C=O) groups excluding carboxylic acids is 1. The molecule has 0 fully saturated rings. The predicted octanol–water partition coefficient (Wildman–Crippen LogP) is 4.15. The van der Waals surface area contributed by atoms with Crippen molar-refractivity contribution in [1.29, 1.82) is 0 Å². The number of phenolic OH excluding ortho intramolecular Hbond substituents is 2. The summed E-state index contributed by atoms with van der Waals surface area (Å²) < 4.78 is 10.7. The Balaban J connectivity index is 1.72. The third-order valence-electron chi connectivity index (χ3n) is 3.62. The van der Waals surface area contributed by atoms with Gasteiger partial charge < -0.3 is 25.0 Å². The molecule has 3 aromatic carbocycles. The second kappa shape index (κ2) is 7.48. The number of benzene rings is 3. The van der Waals surface area contributed by atoms with Gasteiger partial charge in [0.1, 0.15) is 28.7 Å². The summed E-state index contributed by atoms with van der Waals surface area (Å²) in [5.41, 5.74) is 0.670. The van der Waals surface area contributed by atoms with Gasteiger partial charge in [0.15, 0.2) is 0 Å². The highest BCUT2D eigenvalue weighted by Crippen LogP contribution is 2.31. The van der Waals surface area contributed by atoms with Crippen LogP contribution in [0.4, 0.5) is 5.69 Å². The van der Waals surface area contributed by atoms with E-state index in [-0.39, 0.29) is 23.1 Å². The Morgan fingerprint density at radius 1 is 0.885 bits per heavy atom. The summed E-state index contributed by atoms with van der Waals surface area (Å²) >= 11 is 0. The lowest BCUT2D eigenvalue weighted by Crippen LogP contribution is -2.12. The molecule has 0 spiro atoms. The maximum atomic E-state index is 12.3. The first-order valence-electron chi connectivity index (χ1n) is 7.80. The van der Waals surface area contributed by atoms with Crippen LogP contribution in [0, 0.1) is 0 Å². The van der Waals surface area contributed by atoms with Gasteiger partial charge in [-0.1, -0.05) is 6.07 Å². The number of aromatic hydroxyl groups is 2. The van der Waals surface area contributed by atoms with Gasteiger partial charge in [0.25, 0.3) is 5.91 Å². The number of anilines is 1. The quantitative estimate of drug-likeness (QED) is 0.601. The van der Waals surface area contributed by atoms with Crippen molar-refractivity contribution < 1.29 is 24.5 Å². The summed E-state index contributed by atoms with van der Waals surface area (Å²) in [6.45, 7) is 0. The SMILES string of the molecule is COc1cccc(C(=O)Nc2ccc(Oc3ccc(O)cc3)cc2O)c1. The molecule has 132 valence electrons. The molecule has 0 aromatic heterocycles. The molecule has 6 heteroatoms. The van der Waals surface area contributed by atoms with E-state index in [2.05, 4.69) is 5.32 Å². The van der Waals surface area contributed by atoms with Crippen molar-refractivity contribution in [3.63, 3.8) is 0 Å². The van der Waals surface area contributed by atoms with Gasteiger partial charge in [-0.15, -0.1) is 0 Å². The molecule has 3 N–H and O–H groups in total. The third-order valence-corrected chi connectivity index (χ3v) is 3.62. The zero-order valence-electron chi connectivity index (χ0n) is 14.0. The van der Waals surface area contributed by atoms with Crippen LogP contribution in [-0.4, -0.2) is 23.2 Å². The number of methoxy groups -OCH3 is 1. The summed E-state index contributed by atoms with van der Waals surface area (Å²) in [6, 6.07) is 17.5. The van der Waals surface area contributed by atoms with Crippen LogP contribution in [0.1, 0.15) is 10.4 Å². The molecule has 0 heterocycles. The molecule has 0 aliphatic carbocycles. The van der Waals surface area contributed by atoms with E-state index in [1.807, 2.05) is 0 Å². The van der Waals surface area contributed by atoms with Gasteiger partial charge in [-0.2, -0.15) is 0 Å². The molecule has 0 aliphatic rings. The third kappa shape index (κ3) is 4.05. The van der Waals surface area contributed by atoms with Crippen molar-refractivity contribution >= 4 is 11.6 Å². The Morgan fingerprint density at radius 3 is 2.31 bits per heavy atom. The van der Waals surface area contributed by atoms with Crippen LogP contribution in [-0.2, 0) is 0 Å². The Hall–Kier alpha value is -3.67. The standard InChI is InChI=1S/C20H17NO5/c1-25-16-4-2-3-13(11-16)20(24)21-18-10-9-17(12-19(18)23)26-15-7-5-14(22)6-8-15/h2-12,22-23H,1H3,(H,21,24). The Bertz CT molecular complexity index is 922. The van der Waals surface area contributed by atoms with Gasteiger partial charge in [-0.3, -0.25) is 4.79 Å². The monoisotopic (exact) mass is 351 g/mol. The Kier molecular flexibility index (Phi) is 4.94. The van der Waals surface area contributed by atoms with E-state index >= 15 is 0 Å². The maximum absolute atomic E-state index is 12.3. The van der Waals surface area contributed by atoms with Crippen molar-refractivity contribution in [2.75, 3.05) is 12.4 Å². The summed E-state index contributed by atoms with van der Waals surface area (Å²) in [4.78, 5) is 12.3. The second-order valence-corrected chi connectivity index (χ2v) is 5.46. The highest BCUT2D eigenvalue weighted by atomic mass is 16.5. The summed E-state index contributed by atoms with van der Waals surface area (Å²) in [5, 5.41) is 22.1. The van der Waals surface area contributed by atoms with Gasteiger partial charge in [0, 0.05) is 11.6 Å². The fraction of sp³-hybridized carbons (Fsp3) is 0.0500. The number of hydrogen-bond donors (Lipinski definition) is 3. The van der Waals surface area contributed by atoms with E-state index in [1.54, 1.807) is 48.5 Å². The topological polar surface area (TPSA) is 88.0 Å². The molecule has 3 rings (SSSR count). The van der Waals surface area contributed by atoms with E-state index in [0.717, 1.165) is 0 Å². The van der Waals surface area contributed by atoms with E-state index in [0.29, 0.717) is 22.8 Å². The Labute approximate surface area is 150 Å². The minimum Gasteiger partial charge on any atom is -0.508 e. The van der Waals surface area contributed by atoms with E-state index in [9.17, 15) is 15.0 Å². The van der Waals surface area contributed by atoms with Crippen LogP contribution in [0.5, 0.6) is 28.7 Å². The molecule has 0 radical (unpaired) electrons. The van der Waals surface area contributed by atoms with Crippen LogP contribution < -0.4 is 14.8 Å². The van der Waals surface area contributed by atoms with E-state index in [1.165, 1.54) is 25.3 Å². The average molecular weight is 351 g/mol. The Morgan fingerprint density at radius 2 is 1.62 bits per heavy atom. The van der Waals surface area contributed by atoms with Gasteiger partial charge in [0.05, 0.1) is 12.8 Å². The van der Waals surface area contributed by atoms with Crippen LogP contribution >= 0.6 is 0 Å². The van der Waals surface area contributed by atoms with Crippen LogP contribution in [0.3, 0.4) is 0 Å². The first kappa shape index (κ1) is 17.2. The molecule has 1 amide bonds. The van der Waals surface area contributed by atoms with Crippen molar-refractivity contribution in [2.24, 2.45) is 0 Å². The van der Waals surface area contributed by atoms with Gasteiger partial charge in [0.2, 0.25) is 0 Å². The zero-order valence-corrected chi connectivity index (χ0v) is 14.0. The smallest absolute Gasteiger partial charge is 0.255 e. The van der Waals surface area contributed by atoms with Crippen molar-refractivity contribution in [2.45, 2.75) is 0 Å². The largest absolute Gasteiger partial charge is 0.508 e. The van der Waals surface area contributed by atoms with Crippen LogP contribution in [0.25, 0.3) is 0 Å². The second-order valence-electron chi connectivity index (χ2n) is 5.46. The number of carbonyl (C=O) groups is 1. The predicted molar refractivity (Wildman–Crippen MR) is 97.2 cm³/mol. The molecule has 0 saturated heterocycles. The summed E-state index contributed by atoms with van der Waals surface area (Å²) in [7, 11) is 1.52. The molecule has 3 aromatic rings. The average Bonchev–Trinajstić information content (AvgIpc) is 2.66. The first-order chi connectivity index (χ1) is 12.5. The van der Waals surface area contributed by atoms with Crippen LogP contribution in [0.2, 0.25) is 0 Å². The number of nitrogens with one attached hydrogen (secondary N) is 1. The lowest BCUT2D eigenvalue weighted by atomic mass is 10.2. The number of rotatable bonds is 5.